The molecule has 1 aromatic carbocycles. The summed E-state index contributed by atoms with van der Waals surface area (Å²) in [5.74, 6) is 2.68. The minimum Gasteiger partial charge on any atom is -0.361 e. The number of aromatic amines is 1. The fourth-order valence-corrected chi connectivity index (χ4v) is 4.24. The molecule has 1 aliphatic rings. The van der Waals surface area contributed by atoms with Gasteiger partial charge in [0.05, 0.1) is 35.3 Å². The van der Waals surface area contributed by atoms with Crippen LogP contribution in [0.2, 0.25) is 0 Å². The van der Waals surface area contributed by atoms with Gasteiger partial charge in [0, 0.05) is 18.3 Å². The molecule has 6 rings (SSSR count). The molecular weight excluding hydrogens is 350 g/mol. The van der Waals surface area contributed by atoms with E-state index < -0.39 is 0 Å². The first kappa shape index (κ1) is 15.7. The minimum atomic E-state index is 0.312. The van der Waals surface area contributed by atoms with Crippen molar-refractivity contribution in [2.24, 2.45) is 7.05 Å². The van der Waals surface area contributed by atoms with E-state index in [-0.39, 0.29) is 0 Å². The molecule has 4 heterocycles. The normalized spacial score (nSPS) is 19.1. The summed E-state index contributed by atoms with van der Waals surface area (Å²) >= 11 is 0. The van der Waals surface area contributed by atoms with Crippen molar-refractivity contribution in [1.82, 2.24) is 29.5 Å². The summed E-state index contributed by atoms with van der Waals surface area (Å²) in [6, 6.07) is 8.41. The van der Waals surface area contributed by atoms with Gasteiger partial charge in [0.15, 0.2) is 17.0 Å². The van der Waals surface area contributed by atoms with E-state index in [2.05, 4.69) is 39.8 Å². The van der Waals surface area contributed by atoms with Crippen LogP contribution in [0.15, 0.2) is 36.7 Å². The lowest BCUT2D eigenvalue weighted by atomic mass is 10.2. The van der Waals surface area contributed by atoms with E-state index in [1.807, 2.05) is 36.8 Å². The number of nitrogens with zero attached hydrogens (tertiary/aromatic N) is 6. The zero-order valence-corrected chi connectivity index (χ0v) is 16.0. The van der Waals surface area contributed by atoms with E-state index in [9.17, 15) is 0 Å². The Morgan fingerprint density at radius 1 is 1.14 bits per heavy atom. The predicted octanol–water partition coefficient (Wildman–Crippen LogP) is 2.87. The van der Waals surface area contributed by atoms with Crippen molar-refractivity contribution in [1.29, 1.82) is 0 Å². The fraction of sp³-hybridized carbons (Fsp3) is 0.286. The Morgan fingerprint density at radius 2 is 2.04 bits per heavy atom. The van der Waals surface area contributed by atoms with Crippen LogP contribution in [-0.2, 0) is 7.05 Å². The van der Waals surface area contributed by atoms with Gasteiger partial charge in [-0.25, -0.2) is 14.1 Å². The lowest BCUT2D eigenvalue weighted by Gasteiger charge is -1.97. The first-order valence-electron chi connectivity index (χ1n) is 9.56. The van der Waals surface area contributed by atoms with Crippen molar-refractivity contribution in [3.05, 3.63) is 59.7 Å². The van der Waals surface area contributed by atoms with Gasteiger partial charge in [-0.05, 0) is 49.5 Å². The van der Waals surface area contributed by atoms with Crippen LogP contribution in [0, 0.1) is 13.8 Å². The molecule has 1 fully saturated rings. The molecule has 7 nitrogen and oxygen atoms in total. The Labute approximate surface area is 161 Å². The monoisotopic (exact) mass is 370 g/mol. The number of rotatable bonds is 2. The number of H-pyrrole nitrogens is 1. The molecule has 0 unspecified atom stereocenters. The number of benzene rings is 1. The molecular formula is C21H20N7+. The van der Waals surface area contributed by atoms with E-state index in [1.165, 1.54) is 0 Å². The molecule has 0 radical (unpaired) electrons. The Hall–Kier alpha value is -3.35. The summed E-state index contributed by atoms with van der Waals surface area (Å²) < 4.78 is 4.13. The molecule has 1 saturated carbocycles. The quantitative estimate of drug-likeness (QED) is 0.485. The van der Waals surface area contributed by atoms with Crippen LogP contribution in [0.1, 0.15) is 41.3 Å². The van der Waals surface area contributed by atoms with Crippen LogP contribution in [0.5, 0.6) is 0 Å². The van der Waals surface area contributed by atoms with Crippen molar-refractivity contribution in [3.63, 3.8) is 0 Å². The standard InChI is InChI=1S/C21H19N7/c1-11-10-23-12(2)20-25-19(26-28(11)20)14-9-15(14)21-24-18-13-5-4-8-22-16(13)6-7-17(18)27(21)3/h4-8,10,14-15H,9H2,1-3H3/p+1/t14-,15-/m1/s1. The summed E-state index contributed by atoms with van der Waals surface area (Å²) in [4.78, 5) is 17.5. The average Bonchev–Trinajstić information content (AvgIpc) is 3.23. The zero-order chi connectivity index (χ0) is 19.0. The number of hydrogen-bond donors (Lipinski definition) is 1. The molecule has 2 atom stereocenters. The minimum absolute atomic E-state index is 0.312. The van der Waals surface area contributed by atoms with Gasteiger partial charge in [-0.3, -0.25) is 4.98 Å². The third-order valence-electron chi connectivity index (χ3n) is 5.91. The van der Waals surface area contributed by atoms with Gasteiger partial charge in [-0.15, -0.1) is 0 Å². The maximum absolute atomic E-state index is 5.04. The second kappa shape index (κ2) is 5.34. The Kier molecular flexibility index (Phi) is 2.99. The number of hydrogen-bond acceptors (Lipinski definition) is 4. The lowest BCUT2D eigenvalue weighted by Crippen LogP contribution is -2.31. The van der Waals surface area contributed by atoms with Crippen LogP contribution in [-0.4, -0.2) is 29.5 Å². The average molecular weight is 370 g/mol. The largest absolute Gasteiger partial charge is 0.361 e. The summed E-state index contributed by atoms with van der Waals surface area (Å²) in [7, 11) is 2.11. The van der Waals surface area contributed by atoms with Crippen LogP contribution >= 0.6 is 0 Å². The maximum Gasteiger partial charge on any atom is 0.303 e. The van der Waals surface area contributed by atoms with Crippen molar-refractivity contribution < 1.29 is 4.57 Å². The molecule has 4 aromatic heterocycles. The highest BCUT2D eigenvalue weighted by molar-refractivity contribution is 6.01. The van der Waals surface area contributed by atoms with Crippen LogP contribution in [0.25, 0.3) is 27.6 Å². The molecule has 0 spiro atoms. The van der Waals surface area contributed by atoms with Crippen molar-refractivity contribution >= 4 is 27.6 Å². The van der Waals surface area contributed by atoms with Crippen LogP contribution < -0.4 is 4.57 Å². The van der Waals surface area contributed by atoms with E-state index in [4.69, 9.17) is 15.1 Å². The topological polar surface area (TPSA) is 75.6 Å². The van der Waals surface area contributed by atoms with Gasteiger partial charge in [0.25, 0.3) is 0 Å². The number of aryl methyl sites for hydroxylation is 3. The molecule has 138 valence electrons. The van der Waals surface area contributed by atoms with Crippen molar-refractivity contribution in [2.75, 3.05) is 0 Å². The third-order valence-corrected chi connectivity index (χ3v) is 5.91. The summed E-state index contributed by atoms with van der Waals surface area (Å²) in [5.41, 5.74) is 6.08. The Bertz CT molecular complexity index is 1360. The molecule has 1 aliphatic carbocycles. The first-order valence-corrected chi connectivity index (χ1v) is 9.56. The summed E-state index contributed by atoms with van der Waals surface area (Å²) in [6.45, 7) is 3.99. The van der Waals surface area contributed by atoms with Crippen LogP contribution in [0.3, 0.4) is 0 Å². The highest BCUT2D eigenvalue weighted by Crippen LogP contribution is 2.52. The van der Waals surface area contributed by atoms with Crippen LogP contribution in [0.4, 0.5) is 0 Å². The van der Waals surface area contributed by atoms with E-state index in [0.29, 0.717) is 11.8 Å². The SMILES string of the molecule is Cc1ncc(C)n2nc([C@@H]3C[C@H]3c3nc4c5ccc[nH]c5ccc4[n+]3C)nc12. The van der Waals surface area contributed by atoms with Crippen molar-refractivity contribution in [3.8, 4) is 0 Å². The van der Waals surface area contributed by atoms with Gasteiger partial charge in [-0.2, -0.15) is 5.10 Å². The van der Waals surface area contributed by atoms with E-state index in [0.717, 1.165) is 57.0 Å². The number of imidazole rings is 1. The molecule has 5 aromatic rings. The first-order chi connectivity index (χ1) is 13.6. The van der Waals surface area contributed by atoms with E-state index >= 15 is 0 Å². The molecule has 7 heteroatoms. The molecule has 0 saturated heterocycles. The highest BCUT2D eigenvalue weighted by atomic mass is 15.3. The predicted molar refractivity (Wildman–Crippen MR) is 105 cm³/mol. The maximum atomic E-state index is 5.04. The molecule has 0 bridgehead atoms. The second-order valence-electron chi connectivity index (χ2n) is 7.73. The number of pyridine rings is 1. The van der Waals surface area contributed by atoms with Gasteiger partial charge < -0.3 is 4.98 Å². The van der Waals surface area contributed by atoms with Crippen molar-refractivity contribution in [2.45, 2.75) is 32.1 Å². The molecule has 0 aliphatic heterocycles. The van der Waals surface area contributed by atoms with E-state index in [1.54, 1.807) is 0 Å². The highest BCUT2D eigenvalue weighted by Gasteiger charge is 2.50. The van der Waals surface area contributed by atoms with Gasteiger partial charge in [0.2, 0.25) is 5.52 Å². The molecule has 1 N–H and O–H groups in total. The fourth-order valence-electron chi connectivity index (χ4n) is 4.24. The Balaban J connectivity index is 1.44. The zero-order valence-electron chi connectivity index (χ0n) is 16.0. The number of aromatic nitrogens is 7. The smallest absolute Gasteiger partial charge is 0.303 e. The number of nitrogens with one attached hydrogen (secondary N) is 1. The summed E-state index contributed by atoms with van der Waals surface area (Å²) in [5, 5.41) is 5.92. The third kappa shape index (κ3) is 2.07. The van der Waals surface area contributed by atoms with Gasteiger partial charge in [-0.1, -0.05) is 0 Å². The Morgan fingerprint density at radius 3 is 2.89 bits per heavy atom. The summed E-state index contributed by atoms with van der Waals surface area (Å²) in [6.07, 6.45) is 4.82. The second-order valence-corrected chi connectivity index (χ2v) is 7.73. The lowest BCUT2D eigenvalue weighted by molar-refractivity contribution is -0.653. The van der Waals surface area contributed by atoms with Gasteiger partial charge in [0.1, 0.15) is 0 Å². The van der Waals surface area contributed by atoms with Gasteiger partial charge >= 0.3 is 5.82 Å². The number of fused-ring (bicyclic) bond motifs is 4. The molecule has 28 heavy (non-hydrogen) atoms. The molecule has 0 amide bonds.